The van der Waals surface area contributed by atoms with Crippen LogP contribution < -0.4 is 10.6 Å². The number of aromatic nitrogens is 2. The molecule has 0 radical (unpaired) electrons. The Morgan fingerprint density at radius 2 is 2.12 bits per heavy atom. The van der Waals surface area contributed by atoms with Crippen molar-refractivity contribution in [2.24, 2.45) is 0 Å². The number of nitrogen functional groups attached to an aromatic ring is 1. The lowest BCUT2D eigenvalue weighted by atomic mass is 10.2. The molecule has 0 unspecified atom stereocenters. The van der Waals surface area contributed by atoms with Crippen molar-refractivity contribution in [3.05, 3.63) is 48.4 Å². The maximum absolute atomic E-state index is 12.1. The quantitative estimate of drug-likeness (QED) is 0.841. The molecule has 0 bridgehead atoms. The van der Waals surface area contributed by atoms with E-state index in [9.17, 15) is 4.79 Å². The number of amides is 1. The van der Waals surface area contributed by atoms with Crippen LogP contribution in [0.15, 0.2) is 42.9 Å². The molecule has 0 aromatic carbocycles. The first-order valence-electron chi connectivity index (χ1n) is 5.08. The number of rotatable bonds is 2. The van der Waals surface area contributed by atoms with E-state index in [2.05, 4.69) is 9.97 Å². The van der Waals surface area contributed by atoms with Crippen molar-refractivity contribution in [1.29, 1.82) is 0 Å². The van der Waals surface area contributed by atoms with E-state index in [-0.39, 0.29) is 5.91 Å². The lowest BCUT2D eigenvalue weighted by Gasteiger charge is -2.16. The topological polar surface area (TPSA) is 72.1 Å². The predicted octanol–water partition coefficient (Wildman–Crippen LogP) is 1.34. The SMILES string of the molecule is CN(C(=O)c1ccncc1N)c1ccccn1. The van der Waals surface area contributed by atoms with Gasteiger partial charge in [0.05, 0.1) is 17.4 Å². The van der Waals surface area contributed by atoms with Gasteiger partial charge in [-0.15, -0.1) is 0 Å². The van der Waals surface area contributed by atoms with E-state index in [0.29, 0.717) is 17.1 Å². The van der Waals surface area contributed by atoms with Gasteiger partial charge >= 0.3 is 0 Å². The van der Waals surface area contributed by atoms with Crippen LogP contribution in [0.4, 0.5) is 11.5 Å². The van der Waals surface area contributed by atoms with Crippen LogP contribution >= 0.6 is 0 Å². The minimum Gasteiger partial charge on any atom is -0.397 e. The molecule has 5 heteroatoms. The summed E-state index contributed by atoms with van der Waals surface area (Å²) in [6.07, 6.45) is 4.63. The highest BCUT2D eigenvalue weighted by molar-refractivity contribution is 6.08. The molecule has 2 aromatic rings. The molecule has 2 rings (SSSR count). The van der Waals surface area contributed by atoms with Gasteiger partial charge in [0.2, 0.25) is 0 Å². The number of nitrogens with two attached hydrogens (primary N) is 1. The molecule has 1 amide bonds. The first kappa shape index (κ1) is 11.1. The summed E-state index contributed by atoms with van der Waals surface area (Å²) in [6, 6.07) is 6.97. The van der Waals surface area contributed by atoms with E-state index in [1.807, 2.05) is 6.07 Å². The molecule has 2 aromatic heterocycles. The van der Waals surface area contributed by atoms with Crippen molar-refractivity contribution in [3.63, 3.8) is 0 Å². The lowest BCUT2D eigenvalue weighted by molar-refractivity contribution is 0.0993. The predicted molar refractivity (Wildman–Crippen MR) is 65.6 cm³/mol. The summed E-state index contributed by atoms with van der Waals surface area (Å²) in [5, 5.41) is 0. The largest absolute Gasteiger partial charge is 0.397 e. The molecular formula is C12H12N4O. The first-order chi connectivity index (χ1) is 8.20. The maximum Gasteiger partial charge on any atom is 0.261 e. The Labute approximate surface area is 98.9 Å². The summed E-state index contributed by atoms with van der Waals surface area (Å²) >= 11 is 0. The number of hydrogen-bond donors (Lipinski definition) is 1. The Bertz CT molecular complexity index is 527. The number of hydrogen-bond acceptors (Lipinski definition) is 4. The first-order valence-corrected chi connectivity index (χ1v) is 5.08. The van der Waals surface area contributed by atoms with Crippen LogP contribution in [-0.2, 0) is 0 Å². The van der Waals surface area contributed by atoms with Crippen LogP contribution in [0.2, 0.25) is 0 Å². The zero-order valence-electron chi connectivity index (χ0n) is 9.37. The van der Waals surface area contributed by atoms with Gasteiger partial charge in [0, 0.05) is 19.4 Å². The van der Waals surface area contributed by atoms with Crippen molar-refractivity contribution < 1.29 is 4.79 Å². The molecule has 2 N–H and O–H groups in total. The minimum absolute atomic E-state index is 0.205. The van der Waals surface area contributed by atoms with Gasteiger partial charge in [0.25, 0.3) is 5.91 Å². The van der Waals surface area contributed by atoms with Crippen molar-refractivity contribution >= 4 is 17.4 Å². The molecule has 2 heterocycles. The van der Waals surface area contributed by atoms with E-state index in [4.69, 9.17) is 5.73 Å². The summed E-state index contributed by atoms with van der Waals surface area (Å²) in [6.45, 7) is 0. The van der Waals surface area contributed by atoms with Crippen LogP contribution in [0.5, 0.6) is 0 Å². The van der Waals surface area contributed by atoms with E-state index < -0.39 is 0 Å². The molecule has 0 saturated heterocycles. The molecule has 0 aliphatic rings. The van der Waals surface area contributed by atoms with E-state index in [1.165, 1.54) is 17.3 Å². The van der Waals surface area contributed by atoms with Gasteiger partial charge in [-0.05, 0) is 18.2 Å². The summed E-state index contributed by atoms with van der Waals surface area (Å²) in [5.74, 6) is 0.373. The Hall–Kier alpha value is -2.43. The number of carbonyl (C=O) groups is 1. The molecule has 0 aliphatic heterocycles. The number of anilines is 2. The van der Waals surface area contributed by atoms with Crippen LogP contribution in [0.25, 0.3) is 0 Å². The maximum atomic E-state index is 12.1. The van der Waals surface area contributed by atoms with Crippen LogP contribution in [0, 0.1) is 0 Å². The summed E-state index contributed by atoms with van der Waals surface area (Å²) < 4.78 is 0. The van der Waals surface area contributed by atoms with Crippen LogP contribution in [-0.4, -0.2) is 22.9 Å². The average Bonchev–Trinajstić information content (AvgIpc) is 2.39. The van der Waals surface area contributed by atoms with Gasteiger partial charge in [-0.1, -0.05) is 6.07 Å². The Morgan fingerprint density at radius 3 is 2.76 bits per heavy atom. The van der Waals surface area contributed by atoms with Gasteiger partial charge in [-0.2, -0.15) is 0 Å². The smallest absolute Gasteiger partial charge is 0.261 e. The van der Waals surface area contributed by atoms with Gasteiger partial charge in [-0.3, -0.25) is 14.7 Å². The standard InChI is InChI=1S/C12H12N4O/c1-16(11-4-2-3-6-15-11)12(17)9-5-7-14-8-10(9)13/h2-8H,13H2,1H3. The minimum atomic E-state index is -0.205. The summed E-state index contributed by atoms with van der Waals surface area (Å²) in [4.78, 5) is 21.5. The summed E-state index contributed by atoms with van der Waals surface area (Å²) in [5.41, 5.74) is 6.49. The highest BCUT2D eigenvalue weighted by atomic mass is 16.2. The monoisotopic (exact) mass is 228 g/mol. The number of carbonyl (C=O) groups excluding carboxylic acids is 1. The molecule has 5 nitrogen and oxygen atoms in total. The molecule has 86 valence electrons. The van der Waals surface area contributed by atoms with Crippen molar-refractivity contribution in [2.45, 2.75) is 0 Å². The molecule has 0 atom stereocenters. The van der Waals surface area contributed by atoms with E-state index in [0.717, 1.165) is 0 Å². The van der Waals surface area contributed by atoms with Crippen molar-refractivity contribution in [3.8, 4) is 0 Å². The van der Waals surface area contributed by atoms with E-state index >= 15 is 0 Å². The fourth-order valence-corrected chi connectivity index (χ4v) is 1.44. The fourth-order valence-electron chi connectivity index (χ4n) is 1.44. The van der Waals surface area contributed by atoms with Gasteiger partial charge in [0.1, 0.15) is 5.82 Å². The highest BCUT2D eigenvalue weighted by Gasteiger charge is 2.16. The normalized spacial score (nSPS) is 9.94. The second-order valence-electron chi connectivity index (χ2n) is 3.52. The van der Waals surface area contributed by atoms with Crippen molar-refractivity contribution in [2.75, 3.05) is 17.7 Å². The highest BCUT2D eigenvalue weighted by Crippen LogP contribution is 2.15. The average molecular weight is 228 g/mol. The second kappa shape index (κ2) is 4.61. The van der Waals surface area contributed by atoms with E-state index in [1.54, 1.807) is 31.4 Å². The number of pyridine rings is 2. The Balaban J connectivity index is 2.30. The Morgan fingerprint density at radius 1 is 1.29 bits per heavy atom. The molecule has 0 spiro atoms. The number of nitrogens with zero attached hydrogens (tertiary/aromatic N) is 3. The fraction of sp³-hybridized carbons (Fsp3) is 0.0833. The zero-order chi connectivity index (χ0) is 12.3. The third kappa shape index (κ3) is 2.23. The van der Waals surface area contributed by atoms with Crippen LogP contribution in [0.3, 0.4) is 0 Å². The zero-order valence-corrected chi connectivity index (χ0v) is 9.37. The second-order valence-corrected chi connectivity index (χ2v) is 3.52. The van der Waals surface area contributed by atoms with Gasteiger partial charge in [0.15, 0.2) is 0 Å². The third-order valence-electron chi connectivity index (χ3n) is 2.38. The summed E-state index contributed by atoms with van der Waals surface area (Å²) in [7, 11) is 1.66. The van der Waals surface area contributed by atoms with Crippen molar-refractivity contribution in [1.82, 2.24) is 9.97 Å². The molecule has 17 heavy (non-hydrogen) atoms. The van der Waals surface area contributed by atoms with Crippen LogP contribution in [0.1, 0.15) is 10.4 Å². The lowest BCUT2D eigenvalue weighted by Crippen LogP contribution is -2.27. The molecule has 0 fully saturated rings. The molecular weight excluding hydrogens is 216 g/mol. The van der Waals surface area contributed by atoms with Gasteiger partial charge < -0.3 is 5.73 Å². The molecule has 0 saturated carbocycles. The van der Waals surface area contributed by atoms with Gasteiger partial charge in [-0.25, -0.2) is 4.98 Å². The molecule has 0 aliphatic carbocycles. The third-order valence-corrected chi connectivity index (χ3v) is 2.38. The Kier molecular flexibility index (Phi) is 3.00.